The number of phosphoric ester groups is 1. The van der Waals surface area contributed by atoms with Crippen LogP contribution in [0.1, 0.15) is 174 Å². The summed E-state index contributed by atoms with van der Waals surface area (Å²) in [6, 6.07) is 0. The molecule has 3 N–H and O–H groups in total. The van der Waals surface area contributed by atoms with Crippen molar-refractivity contribution in [2.75, 3.05) is 47.5 Å². The van der Waals surface area contributed by atoms with Crippen LogP contribution in [-0.4, -0.2) is 104 Å². The highest BCUT2D eigenvalue weighted by molar-refractivity contribution is 7.45. The fraction of sp³-hybridized carbons (Fsp3) is 0.760. The van der Waals surface area contributed by atoms with Crippen LogP contribution < -0.4 is 4.89 Å². The van der Waals surface area contributed by atoms with Gasteiger partial charge in [0.2, 0.25) is 0 Å². The Balaban J connectivity index is 4.60. The fourth-order valence-electron chi connectivity index (χ4n) is 6.39. The van der Waals surface area contributed by atoms with Crippen LogP contribution in [0.25, 0.3) is 0 Å². The molecule has 0 bridgehead atoms. The van der Waals surface area contributed by atoms with Crippen LogP contribution in [0, 0.1) is 0 Å². The highest BCUT2D eigenvalue weighted by atomic mass is 31.2. The smallest absolute Gasteiger partial charge is 0.306 e. The van der Waals surface area contributed by atoms with Crippen LogP contribution in [-0.2, 0) is 32.7 Å². The van der Waals surface area contributed by atoms with Crippen molar-refractivity contribution in [1.82, 2.24) is 0 Å². The molecule has 0 aromatic carbocycles. The van der Waals surface area contributed by atoms with E-state index in [9.17, 15) is 34.4 Å². The lowest BCUT2D eigenvalue weighted by Gasteiger charge is -2.28. The molecule has 0 aliphatic heterocycles. The van der Waals surface area contributed by atoms with Gasteiger partial charge in [-0.1, -0.05) is 171 Å². The van der Waals surface area contributed by atoms with Gasteiger partial charge in [0.05, 0.1) is 46.1 Å². The molecule has 0 saturated heterocycles. The third-order valence-electron chi connectivity index (χ3n) is 10.4. The molecule has 12 nitrogen and oxygen atoms in total. The lowest BCUT2D eigenvalue weighted by atomic mass is 10.1. The number of unbranched alkanes of at least 4 members (excludes halogenated alkanes) is 17. The van der Waals surface area contributed by atoms with Gasteiger partial charge >= 0.3 is 11.9 Å². The van der Waals surface area contributed by atoms with E-state index in [2.05, 4.69) is 26.0 Å². The molecular weight excluding hydrogens is 822 g/mol. The Morgan fingerprint density at radius 2 is 1.11 bits per heavy atom. The minimum atomic E-state index is -4.71. The molecule has 0 heterocycles. The number of allylic oxidation sites excluding steroid dienone is 8. The van der Waals surface area contributed by atoms with Gasteiger partial charge in [0.25, 0.3) is 7.82 Å². The number of rotatable bonds is 43. The second kappa shape index (κ2) is 41.1. The van der Waals surface area contributed by atoms with Gasteiger partial charge in [-0.05, 0) is 51.4 Å². The van der Waals surface area contributed by atoms with Gasteiger partial charge in [0.1, 0.15) is 19.8 Å². The van der Waals surface area contributed by atoms with E-state index in [4.69, 9.17) is 18.5 Å². The topological polar surface area (TPSA) is 172 Å². The molecule has 5 atom stereocenters. The molecule has 13 heteroatoms. The van der Waals surface area contributed by atoms with E-state index in [0.717, 1.165) is 44.9 Å². The van der Waals surface area contributed by atoms with E-state index >= 15 is 0 Å². The number of carbonyl (C=O) groups excluding carboxylic acids is 2. The maximum Gasteiger partial charge on any atom is 0.306 e. The number of phosphoric acid groups is 1. The Labute approximate surface area is 383 Å². The molecule has 366 valence electrons. The SMILES string of the molecule is CCCCCCCC/C=C\CCCCCCCCCCCC(=O)O[C@H](COC(=O)CCC[C@@H](O)[C@H](O)/C=C/C=C/C=C\C=C\[C@H](O)CCCCC)COP(=O)([O-])OCC[N+](C)(C)C. The Hall–Kier alpha value is -2.41. The van der Waals surface area contributed by atoms with E-state index in [-0.39, 0.29) is 32.3 Å². The Morgan fingerprint density at radius 3 is 1.70 bits per heavy atom. The van der Waals surface area contributed by atoms with Gasteiger partial charge < -0.3 is 43.2 Å². The van der Waals surface area contributed by atoms with Crippen molar-refractivity contribution in [2.45, 2.75) is 199 Å². The number of quaternary nitrogens is 1. The molecule has 0 aliphatic carbocycles. The first-order valence-corrected chi connectivity index (χ1v) is 25.8. The standard InChI is InChI=1S/C50H90NO11P/c1-6-8-10-11-12-13-14-15-16-17-18-19-20-21-22-23-24-29-33-39-50(56)62-46(44-61-63(57,58)60-42-41-51(3,4)5)43-59-49(55)40-34-38-48(54)47(53)37-32-28-26-25-27-31-36-45(52)35-30-9-7-2/h15-16,25-28,31-32,36-37,45-48,52-54H,6-14,17-24,29-30,33-35,38-44H2,1-5H3/b16-15-,27-25-,28-26+,36-31+,37-32+/t45-,46-,47-,48-/m1/s1. The second-order valence-electron chi connectivity index (χ2n) is 17.7. The molecule has 0 rings (SSSR count). The predicted molar refractivity (Wildman–Crippen MR) is 254 cm³/mol. The molecule has 0 aromatic rings. The van der Waals surface area contributed by atoms with E-state index in [0.29, 0.717) is 17.4 Å². The molecule has 0 aromatic heterocycles. The molecular formula is C50H90NO11P. The Kier molecular flexibility index (Phi) is 39.5. The fourth-order valence-corrected chi connectivity index (χ4v) is 7.11. The summed E-state index contributed by atoms with van der Waals surface area (Å²) in [5.74, 6) is -1.17. The van der Waals surface area contributed by atoms with E-state index in [1.165, 1.54) is 89.5 Å². The van der Waals surface area contributed by atoms with Gasteiger partial charge in [-0.3, -0.25) is 14.2 Å². The lowest BCUT2D eigenvalue weighted by molar-refractivity contribution is -0.870. The number of carbonyl (C=O) groups is 2. The van der Waals surface area contributed by atoms with Crippen LogP contribution in [0.15, 0.2) is 60.8 Å². The Morgan fingerprint density at radius 1 is 0.603 bits per heavy atom. The number of likely N-dealkylation sites (N-methyl/N-ethyl adjacent to an activating group) is 1. The minimum Gasteiger partial charge on any atom is -0.756 e. The first kappa shape index (κ1) is 60.6. The minimum absolute atomic E-state index is 0.0779. The first-order chi connectivity index (χ1) is 30.2. The second-order valence-corrected chi connectivity index (χ2v) is 19.1. The highest BCUT2D eigenvalue weighted by Gasteiger charge is 2.22. The number of ether oxygens (including phenoxy) is 2. The maximum atomic E-state index is 12.7. The zero-order valence-corrected chi connectivity index (χ0v) is 41.0. The summed E-state index contributed by atoms with van der Waals surface area (Å²) in [5, 5.41) is 30.5. The number of nitrogens with zero attached hydrogens (tertiary/aromatic N) is 1. The average molecular weight is 912 g/mol. The van der Waals surface area contributed by atoms with Gasteiger partial charge in [-0.2, -0.15) is 0 Å². The third kappa shape index (κ3) is 43.3. The zero-order chi connectivity index (χ0) is 46.9. The first-order valence-electron chi connectivity index (χ1n) is 24.3. The molecule has 0 aliphatic rings. The van der Waals surface area contributed by atoms with Crippen molar-refractivity contribution in [3.63, 3.8) is 0 Å². The quantitative estimate of drug-likeness (QED) is 0.0133. The van der Waals surface area contributed by atoms with E-state index < -0.39 is 57.4 Å². The maximum absolute atomic E-state index is 12.7. The van der Waals surface area contributed by atoms with Crippen LogP contribution in [0.5, 0.6) is 0 Å². The number of hydrogen-bond donors (Lipinski definition) is 3. The largest absolute Gasteiger partial charge is 0.756 e. The van der Waals surface area contributed by atoms with Gasteiger partial charge in [0, 0.05) is 12.8 Å². The van der Waals surface area contributed by atoms with Crippen molar-refractivity contribution < 1.29 is 57.4 Å². The summed E-state index contributed by atoms with van der Waals surface area (Å²) in [5.41, 5.74) is 0. The van der Waals surface area contributed by atoms with Crippen molar-refractivity contribution in [3.05, 3.63) is 60.8 Å². The normalized spacial score (nSPS) is 15.5. The zero-order valence-electron chi connectivity index (χ0n) is 40.1. The average Bonchev–Trinajstić information content (AvgIpc) is 3.23. The van der Waals surface area contributed by atoms with Crippen molar-refractivity contribution in [3.8, 4) is 0 Å². The number of esters is 2. The summed E-state index contributed by atoms with van der Waals surface area (Å²) < 4.78 is 33.7. The summed E-state index contributed by atoms with van der Waals surface area (Å²) in [4.78, 5) is 37.7. The van der Waals surface area contributed by atoms with Crippen molar-refractivity contribution in [2.24, 2.45) is 0 Å². The van der Waals surface area contributed by atoms with Gasteiger partial charge in [0.15, 0.2) is 6.10 Å². The molecule has 0 fully saturated rings. The van der Waals surface area contributed by atoms with E-state index in [1.807, 2.05) is 21.1 Å². The van der Waals surface area contributed by atoms with Gasteiger partial charge in [-0.15, -0.1) is 0 Å². The van der Waals surface area contributed by atoms with Crippen molar-refractivity contribution >= 4 is 19.8 Å². The lowest BCUT2D eigenvalue weighted by Crippen LogP contribution is -2.37. The van der Waals surface area contributed by atoms with Crippen molar-refractivity contribution in [1.29, 1.82) is 0 Å². The van der Waals surface area contributed by atoms with Gasteiger partial charge in [-0.25, -0.2) is 0 Å². The summed E-state index contributed by atoms with van der Waals surface area (Å²) >= 11 is 0. The van der Waals surface area contributed by atoms with Crippen LogP contribution in [0.2, 0.25) is 0 Å². The molecule has 0 spiro atoms. The number of hydrogen-bond acceptors (Lipinski definition) is 11. The summed E-state index contributed by atoms with van der Waals surface area (Å²) in [7, 11) is 0.970. The number of aliphatic hydroxyl groups excluding tert-OH is 3. The van der Waals surface area contributed by atoms with Crippen LogP contribution in [0.4, 0.5) is 0 Å². The Bertz CT molecular complexity index is 1310. The van der Waals surface area contributed by atoms with Crippen LogP contribution in [0.3, 0.4) is 0 Å². The van der Waals surface area contributed by atoms with Crippen LogP contribution >= 0.6 is 7.82 Å². The number of aliphatic hydroxyl groups is 3. The monoisotopic (exact) mass is 912 g/mol. The summed E-state index contributed by atoms with van der Waals surface area (Å²) in [6.07, 6.45) is 39.0. The molecule has 63 heavy (non-hydrogen) atoms. The summed E-state index contributed by atoms with van der Waals surface area (Å²) in [6.45, 7) is 3.72. The predicted octanol–water partition coefficient (Wildman–Crippen LogP) is 10.3. The van der Waals surface area contributed by atoms with E-state index in [1.54, 1.807) is 42.5 Å². The molecule has 1 unspecified atom stereocenters. The molecule has 0 saturated carbocycles. The molecule has 0 radical (unpaired) electrons. The molecule has 0 amide bonds. The highest BCUT2D eigenvalue weighted by Crippen LogP contribution is 2.38. The third-order valence-corrected chi connectivity index (χ3v) is 11.3.